The third kappa shape index (κ3) is 5.54. The predicted octanol–water partition coefficient (Wildman–Crippen LogP) is 5.94. The maximum atomic E-state index is 12.2. The molecule has 0 aliphatic carbocycles. The molecule has 0 atom stereocenters. The van der Waals surface area contributed by atoms with Crippen LogP contribution < -0.4 is 10.2 Å². The van der Waals surface area contributed by atoms with E-state index in [4.69, 9.17) is 9.84 Å². The van der Waals surface area contributed by atoms with Crippen LogP contribution in [0, 0.1) is 0 Å². The molecule has 172 valence electrons. The van der Waals surface area contributed by atoms with Gasteiger partial charge in [-0.1, -0.05) is 54.6 Å². The zero-order valence-electron chi connectivity index (χ0n) is 18.7. The minimum Gasteiger partial charge on any atom is -0.489 e. The van der Waals surface area contributed by atoms with E-state index in [0.717, 1.165) is 33.8 Å². The molecule has 0 fully saturated rings. The van der Waals surface area contributed by atoms with Crippen molar-refractivity contribution in [2.24, 2.45) is 5.10 Å². The van der Waals surface area contributed by atoms with E-state index < -0.39 is 0 Å². The fourth-order valence-electron chi connectivity index (χ4n) is 3.49. The molecule has 7 heteroatoms. The van der Waals surface area contributed by atoms with E-state index in [2.05, 4.69) is 10.5 Å². The Hall–Kier alpha value is -4.49. The largest absolute Gasteiger partial charge is 0.489 e. The van der Waals surface area contributed by atoms with Gasteiger partial charge < -0.3 is 4.74 Å². The Kier molecular flexibility index (Phi) is 6.77. The average molecular weight is 479 g/mol. The summed E-state index contributed by atoms with van der Waals surface area (Å²) in [6.45, 7) is 0.505. The van der Waals surface area contributed by atoms with Crippen molar-refractivity contribution in [3.05, 3.63) is 125 Å². The molecule has 0 spiro atoms. The Labute approximate surface area is 207 Å². The monoisotopic (exact) mass is 478 g/mol. The number of ether oxygens (including phenoxy) is 1. The van der Waals surface area contributed by atoms with Gasteiger partial charge in [-0.2, -0.15) is 10.2 Å². The summed E-state index contributed by atoms with van der Waals surface area (Å²) < 4.78 is 7.72. The van der Waals surface area contributed by atoms with Crippen molar-refractivity contribution in [3.8, 4) is 22.7 Å². The molecule has 0 bridgehead atoms. The number of rotatable bonds is 8. The van der Waals surface area contributed by atoms with Gasteiger partial charge in [0.1, 0.15) is 18.1 Å². The first-order valence-electron chi connectivity index (χ1n) is 11.1. The van der Waals surface area contributed by atoms with Gasteiger partial charge >= 0.3 is 0 Å². The smallest absolute Gasteiger partial charge is 0.281 e. The highest BCUT2D eigenvalue weighted by molar-refractivity contribution is 7.12. The fourth-order valence-corrected chi connectivity index (χ4v) is 4.11. The Morgan fingerprint density at radius 2 is 1.69 bits per heavy atom. The van der Waals surface area contributed by atoms with Crippen molar-refractivity contribution in [2.45, 2.75) is 6.61 Å². The van der Waals surface area contributed by atoms with E-state index in [1.165, 1.54) is 11.3 Å². The Bertz CT molecular complexity index is 1410. The molecule has 0 radical (unpaired) electrons. The number of benzene rings is 3. The lowest BCUT2D eigenvalue weighted by Crippen LogP contribution is -2.16. The number of hydrogen-bond acceptors (Lipinski definition) is 5. The second kappa shape index (κ2) is 10.6. The maximum Gasteiger partial charge on any atom is 0.281 e. The topological polar surface area (TPSA) is 68.5 Å². The standard InChI is InChI=1S/C28H22N4O2S/c33-28(26-12-7-17-35-26)30-29-18-23-19-32(24-10-5-2-6-11-24)31-27(23)22-13-15-25(16-14-22)34-20-21-8-3-1-4-9-21/h1-19H,20H2,(H,30,33)/b29-18-. The van der Waals surface area contributed by atoms with Crippen LogP contribution in [-0.4, -0.2) is 21.9 Å². The predicted molar refractivity (Wildman–Crippen MR) is 139 cm³/mol. The second-order valence-corrected chi connectivity index (χ2v) is 8.64. The summed E-state index contributed by atoms with van der Waals surface area (Å²) in [5.41, 5.74) is 7.07. The number of thiophene rings is 1. The molecular weight excluding hydrogens is 456 g/mol. The summed E-state index contributed by atoms with van der Waals surface area (Å²) in [7, 11) is 0. The Morgan fingerprint density at radius 3 is 2.40 bits per heavy atom. The molecule has 0 saturated carbocycles. The lowest BCUT2D eigenvalue weighted by atomic mass is 10.1. The normalized spacial score (nSPS) is 11.0. The highest BCUT2D eigenvalue weighted by atomic mass is 32.1. The summed E-state index contributed by atoms with van der Waals surface area (Å²) in [6.07, 6.45) is 3.51. The maximum absolute atomic E-state index is 12.2. The van der Waals surface area contributed by atoms with Crippen molar-refractivity contribution >= 4 is 23.5 Å². The summed E-state index contributed by atoms with van der Waals surface area (Å²) >= 11 is 1.37. The number of aromatic nitrogens is 2. The number of nitrogens with zero attached hydrogens (tertiary/aromatic N) is 3. The van der Waals surface area contributed by atoms with Gasteiger partial charge in [-0.15, -0.1) is 11.3 Å². The van der Waals surface area contributed by atoms with Crippen molar-refractivity contribution in [1.29, 1.82) is 0 Å². The third-order valence-corrected chi connectivity index (χ3v) is 6.12. The summed E-state index contributed by atoms with van der Waals surface area (Å²) in [5.74, 6) is 0.534. The van der Waals surface area contributed by atoms with E-state index in [1.807, 2.05) is 103 Å². The SMILES string of the molecule is O=C(N/N=C\c1cn(-c2ccccc2)nc1-c1ccc(OCc2ccccc2)cc1)c1cccs1. The quantitative estimate of drug-likeness (QED) is 0.222. The Balaban J connectivity index is 1.38. The van der Waals surface area contributed by atoms with E-state index in [0.29, 0.717) is 11.5 Å². The van der Waals surface area contributed by atoms with E-state index in [-0.39, 0.29) is 5.91 Å². The molecule has 0 aliphatic rings. The van der Waals surface area contributed by atoms with Gasteiger partial charge in [0, 0.05) is 17.3 Å². The zero-order chi connectivity index (χ0) is 23.9. The molecule has 5 rings (SSSR count). The van der Waals surface area contributed by atoms with Crippen LogP contribution in [0.25, 0.3) is 16.9 Å². The molecule has 2 heterocycles. The molecule has 1 amide bonds. The third-order valence-electron chi connectivity index (χ3n) is 5.25. The lowest BCUT2D eigenvalue weighted by molar-refractivity contribution is 0.0959. The van der Waals surface area contributed by atoms with Gasteiger partial charge in [-0.25, -0.2) is 10.1 Å². The number of carbonyl (C=O) groups is 1. The molecule has 5 aromatic rings. The van der Waals surface area contributed by atoms with Crippen LogP contribution in [-0.2, 0) is 6.61 Å². The highest BCUT2D eigenvalue weighted by Crippen LogP contribution is 2.25. The van der Waals surface area contributed by atoms with Gasteiger partial charge in [0.05, 0.1) is 16.8 Å². The fraction of sp³-hybridized carbons (Fsp3) is 0.0357. The number of hydrazone groups is 1. The molecule has 35 heavy (non-hydrogen) atoms. The van der Waals surface area contributed by atoms with Crippen molar-refractivity contribution in [2.75, 3.05) is 0 Å². The molecule has 0 unspecified atom stereocenters. The average Bonchev–Trinajstić information content (AvgIpc) is 3.60. The van der Waals surface area contributed by atoms with Crippen LogP contribution in [0.4, 0.5) is 0 Å². The molecular formula is C28H22N4O2S. The minimum atomic E-state index is -0.242. The molecule has 3 aromatic carbocycles. The van der Waals surface area contributed by atoms with Crippen LogP contribution in [0.2, 0.25) is 0 Å². The Morgan fingerprint density at radius 1 is 0.943 bits per heavy atom. The van der Waals surface area contributed by atoms with Crippen molar-refractivity contribution in [3.63, 3.8) is 0 Å². The number of amides is 1. The first-order chi connectivity index (χ1) is 17.3. The van der Waals surface area contributed by atoms with E-state index in [9.17, 15) is 4.79 Å². The number of carbonyl (C=O) groups excluding carboxylic acids is 1. The molecule has 0 saturated heterocycles. The minimum absolute atomic E-state index is 0.242. The number of hydrogen-bond donors (Lipinski definition) is 1. The summed E-state index contributed by atoms with van der Waals surface area (Å²) in [5, 5.41) is 10.8. The van der Waals surface area contributed by atoms with Gasteiger partial charge in [0.25, 0.3) is 5.91 Å². The van der Waals surface area contributed by atoms with Crippen LogP contribution in [0.15, 0.2) is 114 Å². The van der Waals surface area contributed by atoms with Crippen LogP contribution in [0.1, 0.15) is 20.8 Å². The van der Waals surface area contributed by atoms with Gasteiger partial charge in [0.2, 0.25) is 0 Å². The number of para-hydroxylation sites is 1. The summed E-state index contributed by atoms with van der Waals surface area (Å²) in [6, 6.07) is 31.3. The molecule has 6 nitrogen and oxygen atoms in total. The van der Waals surface area contributed by atoms with Gasteiger partial charge in [-0.3, -0.25) is 4.79 Å². The lowest BCUT2D eigenvalue weighted by Gasteiger charge is -2.07. The molecule has 2 aromatic heterocycles. The van der Waals surface area contributed by atoms with Crippen LogP contribution in [0.3, 0.4) is 0 Å². The van der Waals surface area contributed by atoms with E-state index >= 15 is 0 Å². The first kappa shape index (κ1) is 22.3. The van der Waals surface area contributed by atoms with Crippen molar-refractivity contribution in [1.82, 2.24) is 15.2 Å². The van der Waals surface area contributed by atoms with Gasteiger partial charge in [0.15, 0.2) is 0 Å². The van der Waals surface area contributed by atoms with Gasteiger partial charge in [-0.05, 0) is 53.4 Å². The van der Waals surface area contributed by atoms with Crippen LogP contribution in [0.5, 0.6) is 5.75 Å². The zero-order valence-corrected chi connectivity index (χ0v) is 19.6. The highest BCUT2D eigenvalue weighted by Gasteiger charge is 2.12. The first-order valence-corrected chi connectivity index (χ1v) is 11.9. The number of nitrogens with one attached hydrogen (secondary N) is 1. The van der Waals surface area contributed by atoms with Crippen molar-refractivity contribution < 1.29 is 9.53 Å². The van der Waals surface area contributed by atoms with Crippen LogP contribution >= 0.6 is 11.3 Å². The van der Waals surface area contributed by atoms with E-state index in [1.54, 1.807) is 17.0 Å². The molecule has 1 N–H and O–H groups in total. The molecule has 0 aliphatic heterocycles. The second-order valence-electron chi connectivity index (χ2n) is 7.69. The summed E-state index contributed by atoms with van der Waals surface area (Å²) in [4.78, 5) is 12.8.